The van der Waals surface area contributed by atoms with Gasteiger partial charge in [-0.15, -0.1) is 0 Å². The van der Waals surface area contributed by atoms with Crippen molar-refractivity contribution in [2.75, 3.05) is 12.0 Å². The number of amides is 1. The maximum absolute atomic E-state index is 14.2. The van der Waals surface area contributed by atoms with Gasteiger partial charge in [0.05, 0.1) is 34.5 Å². The van der Waals surface area contributed by atoms with E-state index in [1.165, 1.54) is 31.4 Å². The predicted molar refractivity (Wildman–Crippen MR) is 131 cm³/mol. The zero-order valence-corrected chi connectivity index (χ0v) is 20.9. The molecular weight excluding hydrogens is 518 g/mol. The summed E-state index contributed by atoms with van der Waals surface area (Å²) in [5.74, 6) is -3.80. The first-order chi connectivity index (χ1) is 16.5. The van der Waals surface area contributed by atoms with E-state index in [2.05, 4.69) is 4.98 Å². The molecule has 0 bridgehead atoms. The summed E-state index contributed by atoms with van der Waals surface area (Å²) in [6.07, 6.45) is 0. The van der Waals surface area contributed by atoms with Crippen LogP contribution < -0.4 is 4.90 Å². The Morgan fingerprint density at radius 2 is 1.86 bits per heavy atom. The van der Waals surface area contributed by atoms with Gasteiger partial charge in [-0.1, -0.05) is 52.7 Å². The number of anilines is 1. The Bertz CT molecular complexity index is 1440. The van der Waals surface area contributed by atoms with Crippen LogP contribution in [-0.4, -0.2) is 34.9 Å². The third-order valence-corrected chi connectivity index (χ3v) is 7.39. The Morgan fingerprint density at radius 1 is 1.14 bits per heavy atom. The Kier molecular flexibility index (Phi) is 6.68. The minimum atomic E-state index is -1.18. The maximum atomic E-state index is 14.2. The topological polar surface area (TPSA) is 96.8 Å². The molecule has 2 heterocycles. The quantitative estimate of drug-likeness (QED) is 0.202. The normalized spacial score (nSPS) is 17.2. The summed E-state index contributed by atoms with van der Waals surface area (Å²) in [5, 5.41) is 11.5. The number of nitrogens with zero attached hydrogens (tertiary/aromatic N) is 2. The van der Waals surface area contributed by atoms with E-state index in [9.17, 15) is 23.9 Å². The molecule has 1 aliphatic heterocycles. The molecule has 11 heteroatoms. The number of aryl methyl sites for hydroxylation is 2. The zero-order chi connectivity index (χ0) is 25.6. The van der Waals surface area contributed by atoms with Crippen LogP contribution in [0.2, 0.25) is 10.0 Å². The van der Waals surface area contributed by atoms with E-state index in [1.807, 2.05) is 0 Å². The minimum Gasteiger partial charge on any atom is -0.507 e. The van der Waals surface area contributed by atoms with Crippen molar-refractivity contribution in [1.82, 2.24) is 4.98 Å². The molecule has 1 N–H and O–H groups in total. The van der Waals surface area contributed by atoms with Crippen molar-refractivity contribution < 1.29 is 28.6 Å². The molecule has 0 radical (unpaired) electrons. The summed E-state index contributed by atoms with van der Waals surface area (Å²) in [6, 6.07) is 7.27. The lowest BCUT2D eigenvalue weighted by atomic mass is 9.95. The molecule has 1 aromatic heterocycles. The number of Topliss-reactive ketones (excluding diaryl/α,β-unsaturated/α-hetero) is 1. The van der Waals surface area contributed by atoms with Gasteiger partial charge in [0.1, 0.15) is 16.5 Å². The van der Waals surface area contributed by atoms with Crippen LogP contribution in [0.5, 0.6) is 0 Å². The van der Waals surface area contributed by atoms with Crippen LogP contribution >= 0.6 is 34.5 Å². The number of esters is 1. The van der Waals surface area contributed by atoms with E-state index < -0.39 is 35.3 Å². The molecule has 1 saturated heterocycles. The number of rotatable bonds is 4. The Hall–Kier alpha value is -3.27. The molecule has 0 saturated carbocycles. The first-order valence-electron chi connectivity index (χ1n) is 10.1. The Morgan fingerprint density at radius 3 is 2.49 bits per heavy atom. The van der Waals surface area contributed by atoms with Gasteiger partial charge in [0.2, 0.25) is 0 Å². The van der Waals surface area contributed by atoms with Crippen molar-refractivity contribution in [2.24, 2.45) is 0 Å². The zero-order valence-electron chi connectivity index (χ0n) is 18.6. The molecule has 0 spiro atoms. The van der Waals surface area contributed by atoms with Gasteiger partial charge in [-0.05, 0) is 43.2 Å². The lowest BCUT2D eigenvalue weighted by molar-refractivity contribution is -0.132. The van der Waals surface area contributed by atoms with E-state index >= 15 is 0 Å². The molecule has 180 valence electrons. The highest BCUT2D eigenvalue weighted by atomic mass is 35.5. The van der Waals surface area contributed by atoms with Crippen molar-refractivity contribution in [2.45, 2.75) is 19.9 Å². The fourth-order valence-electron chi connectivity index (χ4n) is 3.69. The number of aliphatic hydroxyl groups is 1. The monoisotopic (exact) mass is 534 g/mol. The maximum Gasteiger partial charge on any atom is 0.350 e. The standard InChI is InChI=1S/C24H17Cl2FN2O5S/c1-10-4-5-13(9-16(10)27)19(30)17-18(12-6-7-14(25)15(26)8-12)29(22(32)20(17)31)24-28-11(2)21(35-24)23(33)34-3/h4-9,18,30H,1-3H3/b19-17-. The Labute approximate surface area is 213 Å². The van der Waals surface area contributed by atoms with Gasteiger partial charge in [0.25, 0.3) is 5.78 Å². The summed E-state index contributed by atoms with van der Waals surface area (Å²) in [7, 11) is 1.21. The van der Waals surface area contributed by atoms with Crippen LogP contribution in [0.15, 0.2) is 42.0 Å². The Balaban J connectivity index is 1.97. The smallest absolute Gasteiger partial charge is 0.350 e. The lowest BCUT2D eigenvalue weighted by Gasteiger charge is -2.23. The number of carbonyl (C=O) groups is 3. The number of hydrogen-bond donors (Lipinski definition) is 1. The number of carbonyl (C=O) groups excluding carboxylic acids is 3. The van der Waals surface area contributed by atoms with E-state index in [0.29, 0.717) is 16.8 Å². The molecule has 35 heavy (non-hydrogen) atoms. The van der Waals surface area contributed by atoms with Crippen LogP contribution in [0.3, 0.4) is 0 Å². The number of hydrogen-bond acceptors (Lipinski definition) is 7. The predicted octanol–water partition coefficient (Wildman–Crippen LogP) is 5.62. The molecule has 4 rings (SSSR count). The van der Waals surface area contributed by atoms with Crippen molar-refractivity contribution in [3.63, 3.8) is 0 Å². The molecule has 0 aliphatic carbocycles. The lowest BCUT2D eigenvalue weighted by Crippen LogP contribution is -2.29. The van der Waals surface area contributed by atoms with Crippen LogP contribution in [0.1, 0.15) is 38.1 Å². The third-order valence-electron chi connectivity index (χ3n) is 5.51. The van der Waals surface area contributed by atoms with E-state index in [4.69, 9.17) is 27.9 Å². The van der Waals surface area contributed by atoms with Gasteiger partial charge < -0.3 is 9.84 Å². The van der Waals surface area contributed by atoms with Crippen LogP contribution in [-0.2, 0) is 14.3 Å². The molecule has 7 nitrogen and oxygen atoms in total. The molecule has 1 aliphatic rings. The highest BCUT2D eigenvalue weighted by Crippen LogP contribution is 2.45. The summed E-state index contributed by atoms with van der Waals surface area (Å²) in [4.78, 5) is 44.1. The summed E-state index contributed by atoms with van der Waals surface area (Å²) in [5.41, 5.74) is 0.718. The number of aromatic nitrogens is 1. The number of ether oxygens (including phenoxy) is 1. The highest BCUT2D eigenvalue weighted by Gasteiger charge is 2.48. The first-order valence-corrected chi connectivity index (χ1v) is 11.7. The minimum absolute atomic E-state index is 0.0155. The van der Waals surface area contributed by atoms with E-state index in [-0.39, 0.29) is 31.2 Å². The summed E-state index contributed by atoms with van der Waals surface area (Å²) >= 11 is 13.1. The highest BCUT2D eigenvalue weighted by molar-refractivity contribution is 7.17. The molecule has 1 amide bonds. The fraction of sp³-hybridized carbons (Fsp3) is 0.167. The average Bonchev–Trinajstić information content (AvgIpc) is 3.33. The molecule has 1 unspecified atom stereocenters. The van der Waals surface area contributed by atoms with Gasteiger partial charge in [0, 0.05) is 5.56 Å². The van der Waals surface area contributed by atoms with Gasteiger partial charge in [-0.2, -0.15) is 0 Å². The SMILES string of the molecule is COC(=O)c1sc(N2C(=O)C(=O)/C(=C(\O)c3ccc(C)c(F)c3)C2c2ccc(Cl)c(Cl)c2)nc1C. The molecule has 1 fully saturated rings. The first kappa shape index (κ1) is 24.8. The van der Waals surface area contributed by atoms with Gasteiger partial charge in [-0.25, -0.2) is 14.2 Å². The number of aliphatic hydroxyl groups excluding tert-OH is 1. The van der Waals surface area contributed by atoms with Crippen molar-refractivity contribution >= 4 is 63.1 Å². The largest absolute Gasteiger partial charge is 0.507 e. The second-order valence-corrected chi connectivity index (χ2v) is 9.50. The molecule has 3 aromatic rings. The van der Waals surface area contributed by atoms with Gasteiger partial charge in [-0.3, -0.25) is 14.5 Å². The number of methoxy groups -OCH3 is 1. The number of benzene rings is 2. The third kappa shape index (κ3) is 4.31. The number of ketones is 1. The molecular formula is C24H17Cl2FN2O5S. The number of thiazole rings is 1. The average molecular weight is 535 g/mol. The van der Waals surface area contributed by atoms with E-state index in [0.717, 1.165) is 22.3 Å². The van der Waals surface area contributed by atoms with Gasteiger partial charge in [0.15, 0.2) is 5.13 Å². The van der Waals surface area contributed by atoms with Crippen LogP contribution in [0, 0.1) is 19.7 Å². The van der Waals surface area contributed by atoms with E-state index in [1.54, 1.807) is 19.9 Å². The van der Waals surface area contributed by atoms with Crippen molar-refractivity contribution in [3.05, 3.63) is 85.1 Å². The second kappa shape index (κ2) is 9.41. The molecule has 2 aromatic carbocycles. The van der Waals surface area contributed by atoms with Crippen LogP contribution in [0.4, 0.5) is 9.52 Å². The summed E-state index contributed by atoms with van der Waals surface area (Å²) < 4.78 is 19.0. The second-order valence-electron chi connectivity index (χ2n) is 7.71. The molecule has 1 atom stereocenters. The van der Waals surface area contributed by atoms with Crippen molar-refractivity contribution in [1.29, 1.82) is 0 Å². The van der Waals surface area contributed by atoms with Crippen molar-refractivity contribution in [3.8, 4) is 0 Å². The fourth-order valence-corrected chi connectivity index (χ4v) is 5.01. The number of halogens is 3. The summed E-state index contributed by atoms with van der Waals surface area (Å²) in [6.45, 7) is 3.11. The van der Waals surface area contributed by atoms with Gasteiger partial charge >= 0.3 is 11.9 Å². The van der Waals surface area contributed by atoms with Crippen LogP contribution in [0.25, 0.3) is 5.76 Å².